The van der Waals surface area contributed by atoms with Gasteiger partial charge in [0.05, 0.1) is 17.6 Å². The Morgan fingerprint density at radius 3 is 2.82 bits per heavy atom. The molecule has 1 aromatic carbocycles. The SMILES string of the molecule is CCC(COC)Nc1ccc(O)cc1[N+](=O)[O-]. The van der Waals surface area contributed by atoms with Gasteiger partial charge in [-0.25, -0.2) is 0 Å². The van der Waals surface area contributed by atoms with E-state index in [9.17, 15) is 15.2 Å². The highest BCUT2D eigenvalue weighted by molar-refractivity contribution is 5.64. The van der Waals surface area contributed by atoms with Crippen LogP contribution in [0.5, 0.6) is 5.75 Å². The van der Waals surface area contributed by atoms with Gasteiger partial charge in [-0.05, 0) is 18.6 Å². The van der Waals surface area contributed by atoms with Crippen LogP contribution in [0.25, 0.3) is 0 Å². The molecule has 0 aromatic heterocycles. The highest BCUT2D eigenvalue weighted by atomic mass is 16.6. The maximum absolute atomic E-state index is 10.8. The summed E-state index contributed by atoms with van der Waals surface area (Å²) in [5.74, 6) is -0.123. The van der Waals surface area contributed by atoms with E-state index in [1.165, 1.54) is 12.1 Å². The van der Waals surface area contributed by atoms with Gasteiger partial charge < -0.3 is 15.2 Å². The van der Waals surface area contributed by atoms with Crippen LogP contribution in [-0.4, -0.2) is 29.8 Å². The molecule has 94 valence electrons. The number of ether oxygens (including phenoxy) is 1. The lowest BCUT2D eigenvalue weighted by Crippen LogP contribution is -2.24. The molecule has 2 N–H and O–H groups in total. The molecule has 1 aromatic rings. The molecule has 0 heterocycles. The van der Waals surface area contributed by atoms with Crippen molar-refractivity contribution in [2.45, 2.75) is 19.4 Å². The van der Waals surface area contributed by atoms with Crippen molar-refractivity contribution >= 4 is 11.4 Å². The number of nitro groups is 1. The first-order valence-electron chi connectivity index (χ1n) is 5.31. The van der Waals surface area contributed by atoms with E-state index >= 15 is 0 Å². The van der Waals surface area contributed by atoms with Crippen LogP contribution in [0.2, 0.25) is 0 Å². The molecule has 1 rings (SSSR count). The molecule has 0 radical (unpaired) electrons. The molecule has 0 saturated carbocycles. The summed E-state index contributed by atoms with van der Waals surface area (Å²) in [7, 11) is 1.58. The second-order valence-corrected chi connectivity index (χ2v) is 3.66. The standard InChI is InChI=1S/C11H16N2O4/c1-3-8(7-17-2)12-10-5-4-9(14)6-11(10)13(15)16/h4-6,8,12,14H,3,7H2,1-2H3. The molecule has 0 aliphatic heterocycles. The van der Waals surface area contributed by atoms with E-state index < -0.39 is 4.92 Å². The molecule has 0 bridgehead atoms. The number of aromatic hydroxyl groups is 1. The largest absolute Gasteiger partial charge is 0.508 e. The smallest absolute Gasteiger partial charge is 0.296 e. The summed E-state index contributed by atoms with van der Waals surface area (Å²) in [5, 5.41) is 23.1. The highest BCUT2D eigenvalue weighted by Crippen LogP contribution is 2.29. The number of phenols is 1. The number of hydrogen-bond donors (Lipinski definition) is 2. The minimum Gasteiger partial charge on any atom is -0.508 e. The second kappa shape index (κ2) is 6.05. The van der Waals surface area contributed by atoms with E-state index in [0.717, 1.165) is 12.5 Å². The molecule has 0 fully saturated rings. The van der Waals surface area contributed by atoms with Crippen molar-refractivity contribution in [3.63, 3.8) is 0 Å². The Labute approximate surface area is 99.4 Å². The van der Waals surface area contributed by atoms with Crippen LogP contribution in [-0.2, 0) is 4.74 Å². The highest BCUT2D eigenvalue weighted by Gasteiger charge is 2.17. The number of hydrogen-bond acceptors (Lipinski definition) is 5. The first-order valence-corrected chi connectivity index (χ1v) is 5.31. The Morgan fingerprint density at radius 1 is 1.59 bits per heavy atom. The number of rotatable bonds is 6. The van der Waals surface area contributed by atoms with Crippen LogP contribution >= 0.6 is 0 Å². The third-order valence-electron chi connectivity index (χ3n) is 2.40. The summed E-state index contributed by atoms with van der Waals surface area (Å²) < 4.78 is 5.01. The Morgan fingerprint density at radius 2 is 2.29 bits per heavy atom. The van der Waals surface area contributed by atoms with E-state index in [1.54, 1.807) is 7.11 Å². The van der Waals surface area contributed by atoms with Crippen molar-refractivity contribution in [2.75, 3.05) is 19.0 Å². The number of nitrogens with one attached hydrogen (secondary N) is 1. The maximum Gasteiger partial charge on any atom is 0.296 e. The molecule has 17 heavy (non-hydrogen) atoms. The van der Waals surface area contributed by atoms with Gasteiger partial charge in [0.15, 0.2) is 0 Å². The number of benzene rings is 1. The Kier molecular flexibility index (Phi) is 4.71. The second-order valence-electron chi connectivity index (χ2n) is 3.66. The number of phenolic OH excluding ortho intramolecular Hbond substituents is 1. The number of methoxy groups -OCH3 is 1. The lowest BCUT2D eigenvalue weighted by Gasteiger charge is -2.17. The lowest BCUT2D eigenvalue weighted by molar-refractivity contribution is -0.384. The topological polar surface area (TPSA) is 84.6 Å². The van der Waals surface area contributed by atoms with Crippen LogP contribution in [0.3, 0.4) is 0 Å². The molecule has 0 spiro atoms. The monoisotopic (exact) mass is 240 g/mol. The normalized spacial score (nSPS) is 12.1. The van der Waals surface area contributed by atoms with Crippen molar-refractivity contribution in [1.29, 1.82) is 0 Å². The summed E-state index contributed by atoms with van der Waals surface area (Å²) in [4.78, 5) is 10.3. The summed E-state index contributed by atoms with van der Waals surface area (Å²) >= 11 is 0. The third kappa shape index (κ3) is 3.60. The minimum atomic E-state index is -0.526. The van der Waals surface area contributed by atoms with Crippen molar-refractivity contribution in [2.24, 2.45) is 0 Å². The molecule has 1 unspecified atom stereocenters. The van der Waals surface area contributed by atoms with Gasteiger partial charge in [0, 0.05) is 13.2 Å². The molecular weight excluding hydrogens is 224 g/mol. The van der Waals surface area contributed by atoms with E-state index in [2.05, 4.69) is 5.32 Å². The fourth-order valence-corrected chi connectivity index (χ4v) is 1.48. The summed E-state index contributed by atoms with van der Waals surface area (Å²) in [6.07, 6.45) is 0.784. The van der Waals surface area contributed by atoms with Crippen molar-refractivity contribution in [1.82, 2.24) is 0 Å². The fourth-order valence-electron chi connectivity index (χ4n) is 1.48. The van der Waals surface area contributed by atoms with Gasteiger partial charge >= 0.3 is 0 Å². The summed E-state index contributed by atoms with van der Waals surface area (Å²) in [5.41, 5.74) is 0.247. The quantitative estimate of drug-likeness (QED) is 0.452. The van der Waals surface area contributed by atoms with Crippen LogP contribution in [0.4, 0.5) is 11.4 Å². The van der Waals surface area contributed by atoms with Gasteiger partial charge in [-0.1, -0.05) is 6.92 Å². The van der Waals surface area contributed by atoms with Crippen molar-refractivity contribution in [3.8, 4) is 5.75 Å². The maximum atomic E-state index is 10.8. The van der Waals surface area contributed by atoms with E-state index in [4.69, 9.17) is 4.74 Å². The lowest BCUT2D eigenvalue weighted by atomic mass is 10.2. The fraction of sp³-hybridized carbons (Fsp3) is 0.455. The molecular formula is C11H16N2O4. The number of nitrogens with zero attached hydrogens (tertiary/aromatic N) is 1. The predicted octanol–water partition coefficient (Wildman–Crippen LogP) is 2.14. The van der Waals surface area contributed by atoms with Gasteiger partial charge in [-0.2, -0.15) is 0 Å². The molecule has 6 heteroatoms. The molecule has 0 aliphatic carbocycles. The van der Waals surface area contributed by atoms with E-state index in [1.807, 2.05) is 6.92 Å². The van der Waals surface area contributed by atoms with Crippen molar-refractivity contribution in [3.05, 3.63) is 28.3 Å². The Balaban J connectivity index is 2.92. The Bertz CT molecular complexity index is 395. The third-order valence-corrected chi connectivity index (χ3v) is 2.40. The van der Waals surface area contributed by atoms with Crippen LogP contribution in [0, 0.1) is 10.1 Å². The predicted molar refractivity (Wildman–Crippen MR) is 64.3 cm³/mol. The summed E-state index contributed by atoms with van der Waals surface area (Å²) in [6.45, 7) is 2.43. The zero-order valence-corrected chi connectivity index (χ0v) is 9.84. The van der Waals surface area contributed by atoms with Crippen LogP contribution in [0.15, 0.2) is 18.2 Å². The van der Waals surface area contributed by atoms with Gasteiger partial charge in [-0.3, -0.25) is 10.1 Å². The molecule has 6 nitrogen and oxygen atoms in total. The van der Waals surface area contributed by atoms with Gasteiger partial charge in [0.25, 0.3) is 5.69 Å². The first kappa shape index (κ1) is 13.2. The van der Waals surface area contributed by atoms with Crippen LogP contribution in [0.1, 0.15) is 13.3 Å². The Hall–Kier alpha value is -1.82. The number of nitro benzene ring substituents is 1. The average molecular weight is 240 g/mol. The van der Waals surface area contributed by atoms with E-state index in [0.29, 0.717) is 12.3 Å². The zero-order chi connectivity index (χ0) is 12.8. The molecule has 0 amide bonds. The molecule has 0 aliphatic rings. The van der Waals surface area contributed by atoms with Crippen molar-refractivity contribution < 1.29 is 14.8 Å². The summed E-state index contributed by atoms with van der Waals surface area (Å²) in [6, 6.07) is 4.03. The van der Waals surface area contributed by atoms with Gasteiger partial charge in [0.1, 0.15) is 11.4 Å². The van der Waals surface area contributed by atoms with Crippen LogP contribution < -0.4 is 5.32 Å². The minimum absolute atomic E-state index is 0.00300. The molecule has 1 atom stereocenters. The zero-order valence-electron chi connectivity index (χ0n) is 9.84. The molecule has 0 saturated heterocycles. The van der Waals surface area contributed by atoms with E-state index in [-0.39, 0.29) is 17.5 Å². The average Bonchev–Trinajstić information content (AvgIpc) is 2.30. The van der Waals surface area contributed by atoms with Gasteiger partial charge in [0.2, 0.25) is 0 Å². The first-order chi connectivity index (χ1) is 8.08. The van der Waals surface area contributed by atoms with Gasteiger partial charge in [-0.15, -0.1) is 0 Å². The number of anilines is 1.